The molecular formula is C13H22N2O2. The summed E-state index contributed by atoms with van der Waals surface area (Å²) in [6, 6.07) is 4.16. The van der Waals surface area contributed by atoms with E-state index in [0.29, 0.717) is 19.6 Å². The number of esters is 1. The Morgan fingerprint density at radius 1 is 1.47 bits per heavy atom. The van der Waals surface area contributed by atoms with Crippen LogP contribution < -0.4 is 5.32 Å². The molecule has 4 nitrogen and oxygen atoms in total. The number of hydrogen-bond acceptors (Lipinski definition) is 3. The molecule has 4 heteroatoms. The normalized spacial score (nSPS) is 10.5. The van der Waals surface area contributed by atoms with E-state index in [-0.39, 0.29) is 5.97 Å². The lowest BCUT2D eigenvalue weighted by molar-refractivity contribution is -0.142. The van der Waals surface area contributed by atoms with Crippen molar-refractivity contribution >= 4 is 5.97 Å². The van der Waals surface area contributed by atoms with Gasteiger partial charge in [-0.05, 0) is 25.5 Å². The van der Waals surface area contributed by atoms with Crippen molar-refractivity contribution in [1.82, 2.24) is 9.88 Å². The molecule has 0 aromatic carbocycles. The molecule has 0 saturated heterocycles. The van der Waals surface area contributed by atoms with E-state index in [1.807, 2.05) is 6.92 Å². The van der Waals surface area contributed by atoms with Crippen LogP contribution in [-0.4, -0.2) is 23.7 Å². The summed E-state index contributed by atoms with van der Waals surface area (Å²) in [5, 5.41) is 3.25. The second-order valence-electron chi connectivity index (χ2n) is 3.92. The fraction of sp³-hybridized carbons (Fsp3) is 0.615. The van der Waals surface area contributed by atoms with Gasteiger partial charge in [0.05, 0.1) is 13.0 Å². The van der Waals surface area contributed by atoms with Gasteiger partial charge in [0.15, 0.2) is 0 Å². The molecule has 0 bridgehead atoms. The van der Waals surface area contributed by atoms with Gasteiger partial charge in [-0.2, -0.15) is 0 Å². The Hall–Kier alpha value is -1.29. The minimum absolute atomic E-state index is 0.135. The van der Waals surface area contributed by atoms with E-state index >= 15 is 0 Å². The molecule has 0 fully saturated rings. The van der Waals surface area contributed by atoms with Crippen LogP contribution in [0.25, 0.3) is 0 Å². The van der Waals surface area contributed by atoms with Gasteiger partial charge < -0.3 is 14.6 Å². The number of hydrogen-bond donors (Lipinski definition) is 1. The summed E-state index contributed by atoms with van der Waals surface area (Å²) in [5.74, 6) is -0.135. The third-order valence-electron chi connectivity index (χ3n) is 2.51. The summed E-state index contributed by atoms with van der Waals surface area (Å²) < 4.78 is 7.09. The van der Waals surface area contributed by atoms with Crippen molar-refractivity contribution in [1.29, 1.82) is 0 Å². The van der Waals surface area contributed by atoms with Gasteiger partial charge in [0.1, 0.15) is 0 Å². The average molecular weight is 238 g/mol. The predicted molar refractivity (Wildman–Crippen MR) is 67.7 cm³/mol. The minimum Gasteiger partial charge on any atom is -0.466 e. The van der Waals surface area contributed by atoms with E-state index in [9.17, 15) is 4.79 Å². The zero-order chi connectivity index (χ0) is 12.5. The topological polar surface area (TPSA) is 43.3 Å². The van der Waals surface area contributed by atoms with Crippen LogP contribution in [0.5, 0.6) is 0 Å². The van der Waals surface area contributed by atoms with Crippen molar-refractivity contribution < 1.29 is 9.53 Å². The highest BCUT2D eigenvalue weighted by molar-refractivity contribution is 5.69. The Bertz CT molecular complexity index is 334. The van der Waals surface area contributed by atoms with Crippen molar-refractivity contribution in [2.24, 2.45) is 0 Å². The number of ether oxygens (including phenoxy) is 1. The molecule has 0 radical (unpaired) electrons. The van der Waals surface area contributed by atoms with Gasteiger partial charge in [-0.25, -0.2) is 0 Å². The van der Waals surface area contributed by atoms with Gasteiger partial charge in [0, 0.05) is 31.5 Å². The Labute approximate surface area is 103 Å². The molecule has 0 aliphatic carbocycles. The molecule has 0 unspecified atom stereocenters. The first kappa shape index (κ1) is 13.8. The molecule has 0 aliphatic heterocycles. The second-order valence-corrected chi connectivity index (χ2v) is 3.92. The van der Waals surface area contributed by atoms with Crippen LogP contribution in [0.3, 0.4) is 0 Å². The zero-order valence-corrected chi connectivity index (χ0v) is 10.7. The number of nitrogens with one attached hydrogen (secondary N) is 1. The van der Waals surface area contributed by atoms with Gasteiger partial charge in [0.25, 0.3) is 0 Å². The Morgan fingerprint density at radius 3 is 3.00 bits per heavy atom. The highest BCUT2D eigenvalue weighted by Gasteiger charge is 2.02. The Balaban J connectivity index is 2.21. The van der Waals surface area contributed by atoms with Crippen LogP contribution >= 0.6 is 0 Å². The Morgan fingerprint density at radius 2 is 2.29 bits per heavy atom. The first-order chi connectivity index (χ1) is 8.27. The SMILES string of the molecule is CCCn1cccc1CNCCC(=O)OCC. The molecule has 0 saturated carbocycles. The molecular weight excluding hydrogens is 216 g/mol. The van der Waals surface area contributed by atoms with Gasteiger partial charge in [-0.15, -0.1) is 0 Å². The highest BCUT2D eigenvalue weighted by Crippen LogP contribution is 2.03. The summed E-state index contributed by atoms with van der Waals surface area (Å²) in [6.07, 6.45) is 3.65. The monoisotopic (exact) mass is 238 g/mol. The lowest BCUT2D eigenvalue weighted by Crippen LogP contribution is -2.20. The predicted octanol–water partition coefficient (Wildman–Crippen LogP) is 1.94. The molecule has 96 valence electrons. The standard InChI is InChI=1S/C13H22N2O2/c1-3-9-15-10-5-6-12(15)11-14-8-7-13(16)17-4-2/h5-6,10,14H,3-4,7-9,11H2,1-2H3. The fourth-order valence-electron chi connectivity index (χ4n) is 1.71. The third-order valence-corrected chi connectivity index (χ3v) is 2.51. The van der Waals surface area contributed by atoms with E-state index in [2.05, 4.69) is 35.1 Å². The maximum atomic E-state index is 11.1. The summed E-state index contributed by atoms with van der Waals surface area (Å²) in [6.45, 7) is 6.95. The van der Waals surface area contributed by atoms with Crippen molar-refractivity contribution in [2.45, 2.75) is 39.8 Å². The first-order valence-electron chi connectivity index (χ1n) is 6.28. The largest absolute Gasteiger partial charge is 0.466 e. The fourth-order valence-corrected chi connectivity index (χ4v) is 1.71. The summed E-state index contributed by atoms with van der Waals surface area (Å²) in [4.78, 5) is 11.1. The molecule has 0 atom stereocenters. The van der Waals surface area contributed by atoms with Crippen LogP contribution in [0, 0.1) is 0 Å². The van der Waals surface area contributed by atoms with E-state index in [4.69, 9.17) is 4.74 Å². The molecule has 1 N–H and O–H groups in total. The molecule has 0 aliphatic rings. The van der Waals surface area contributed by atoms with Crippen LogP contribution in [0.4, 0.5) is 0 Å². The van der Waals surface area contributed by atoms with Gasteiger partial charge in [-0.1, -0.05) is 6.92 Å². The second kappa shape index (κ2) is 7.90. The maximum absolute atomic E-state index is 11.1. The zero-order valence-electron chi connectivity index (χ0n) is 10.7. The average Bonchev–Trinajstić information content (AvgIpc) is 2.73. The number of carbonyl (C=O) groups excluding carboxylic acids is 1. The van der Waals surface area contributed by atoms with Gasteiger partial charge in [-0.3, -0.25) is 4.79 Å². The van der Waals surface area contributed by atoms with E-state index in [1.165, 1.54) is 5.69 Å². The number of aryl methyl sites for hydroxylation is 1. The summed E-state index contributed by atoms with van der Waals surface area (Å²) in [5.41, 5.74) is 1.26. The van der Waals surface area contributed by atoms with Gasteiger partial charge in [0.2, 0.25) is 0 Å². The molecule has 0 amide bonds. The molecule has 1 aromatic rings. The number of rotatable bonds is 8. The van der Waals surface area contributed by atoms with Crippen molar-refractivity contribution in [3.63, 3.8) is 0 Å². The highest BCUT2D eigenvalue weighted by atomic mass is 16.5. The molecule has 1 aromatic heterocycles. The van der Waals surface area contributed by atoms with E-state index in [1.54, 1.807) is 0 Å². The number of aromatic nitrogens is 1. The lowest BCUT2D eigenvalue weighted by atomic mass is 10.3. The van der Waals surface area contributed by atoms with Crippen molar-refractivity contribution in [2.75, 3.05) is 13.2 Å². The van der Waals surface area contributed by atoms with Gasteiger partial charge >= 0.3 is 5.97 Å². The number of nitrogens with zero attached hydrogens (tertiary/aromatic N) is 1. The lowest BCUT2D eigenvalue weighted by Gasteiger charge is -2.09. The van der Waals surface area contributed by atoms with Crippen LogP contribution in [0.1, 0.15) is 32.4 Å². The molecule has 0 spiro atoms. The van der Waals surface area contributed by atoms with Crippen LogP contribution in [0.15, 0.2) is 18.3 Å². The van der Waals surface area contributed by atoms with Crippen LogP contribution in [-0.2, 0) is 22.6 Å². The molecule has 1 rings (SSSR count). The first-order valence-corrected chi connectivity index (χ1v) is 6.28. The Kier molecular flexibility index (Phi) is 6.40. The quantitative estimate of drug-likeness (QED) is 0.556. The minimum atomic E-state index is -0.135. The van der Waals surface area contributed by atoms with Crippen LogP contribution in [0.2, 0.25) is 0 Å². The number of carbonyl (C=O) groups is 1. The summed E-state index contributed by atoms with van der Waals surface area (Å²) in [7, 11) is 0. The maximum Gasteiger partial charge on any atom is 0.307 e. The van der Waals surface area contributed by atoms with Crippen molar-refractivity contribution in [3.05, 3.63) is 24.0 Å². The van der Waals surface area contributed by atoms with E-state index < -0.39 is 0 Å². The van der Waals surface area contributed by atoms with E-state index in [0.717, 1.165) is 19.5 Å². The van der Waals surface area contributed by atoms with Crippen molar-refractivity contribution in [3.8, 4) is 0 Å². The molecule has 1 heterocycles. The third kappa shape index (κ3) is 5.04. The summed E-state index contributed by atoms with van der Waals surface area (Å²) >= 11 is 0. The smallest absolute Gasteiger partial charge is 0.307 e. The molecule has 17 heavy (non-hydrogen) atoms.